The number of rotatable bonds is 18. The quantitative estimate of drug-likeness (QED) is 0.0839. The van der Waals surface area contributed by atoms with Crippen molar-refractivity contribution in [1.29, 1.82) is 0 Å². The molecule has 0 unspecified atom stereocenters. The Morgan fingerprint density at radius 1 is 0.494 bits per heavy atom. The largest absolute Gasteiger partial charge is 0.497 e. The Hall–Kier alpha value is -6.11. The summed E-state index contributed by atoms with van der Waals surface area (Å²) in [4.78, 5) is 4.53. The van der Waals surface area contributed by atoms with Crippen LogP contribution in [0, 0.1) is 5.82 Å². The van der Waals surface area contributed by atoms with Crippen molar-refractivity contribution in [3.63, 3.8) is 0 Å². The molecule has 1 N–H and O–H groups in total. The fourth-order valence-electron chi connectivity index (χ4n) is 8.27. The molecular formula is C58H63Cl2F7N2O8. The van der Waals surface area contributed by atoms with E-state index in [1.54, 1.807) is 55.6 Å². The van der Waals surface area contributed by atoms with E-state index in [0.29, 0.717) is 47.1 Å². The zero-order valence-corrected chi connectivity index (χ0v) is 44.7. The highest BCUT2D eigenvalue weighted by molar-refractivity contribution is 6.30. The number of nitrogens with zero attached hydrogens (tertiary/aromatic N) is 2. The first kappa shape index (κ1) is 60.1. The highest BCUT2D eigenvalue weighted by atomic mass is 35.5. The summed E-state index contributed by atoms with van der Waals surface area (Å²) in [5, 5.41) is 10.3. The van der Waals surface area contributed by atoms with Crippen molar-refractivity contribution >= 4 is 23.2 Å². The fourth-order valence-corrected chi connectivity index (χ4v) is 8.53. The molecular weight excluding hydrogens is 1060 g/mol. The zero-order valence-electron chi connectivity index (χ0n) is 43.2. The van der Waals surface area contributed by atoms with E-state index in [2.05, 4.69) is 23.6 Å². The summed E-state index contributed by atoms with van der Waals surface area (Å²) in [6.07, 6.45) is -5.48. The predicted molar refractivity (Wildman–Crippen MR) is 282 cm³/mol. The Labute approximate surface area is 455 Å². The van der Waals surface area contributed by atoms with Crippen LogP contribution in [0.5, 0.6) is 40.2 Å². The number of hydrogen-bond acceptors (Lipinski definition) is 10. The maximum Gasteiger partial charge on any atom is 0.419 e. The summed E-state index contributed by atoms with van der Waals surface area (Å²) in [5.74, 6) is 1.70. The molecule has 416 valence electrons. The van der Waals surface area contributed by atoms with Crippen molar-refractivity contribution in [2.45, 2.75) is 76.3 Å². The highest BCUT2D eigenvalue weighted by Crippen LogP contribution is 2.40. The van der Waals surface area contributed by atoms with Gasteiger partial charge in [-0.25, -0.2) is 4.39 Å². The van der Waals surface area contributed by atoms with Gasteiger partial charge in [0.25, 0.3) is 0 Å². The highest BCUT2D eigenvalue weighted by Gasteiger charge is 2.37. The van der Waals surface area contributed by atoms with Crippen molar-refractivity contribution in [2.24, 2.45) is 0 Å². The van der Waals surface area contributed by atoms with Crippen LogP contribution >= 0.6 is 23.2 Å². The molecule has 0 radical (unpaired) electrons. The molecule has 0 bridgehead atoms. The number of halogens is 9. The molecule has 0 aromatic heterocycles. The van der Waals surface area contributed by atoms with E-state index in [0.717, 1.165) is 98.7 Å². The molecule has 19 heteroatoms. The molecule has 77 heavy (non-hydrogen) atoms. The summed E-state index contributed by atoms with van der Waals surface area (Å²) in [6.45, 7) is 9.74. The Morgan fingerprint density at radius 3 is 1.27 bits per heavy atom. The number of aliphatic hydroxyl groups is 1. The summed E-state index contributed by atoms with van der Waals surface area (Å²) in [6, 6.07) is 34.2. The van der Waals surface area contributed by atoms with Crippen molar-refractivity contribution < 1.29 is 69.0 Å². The van der Waals surface area contributed by atoms with Gasteiger partial charge in [0.15, 0.2) is 0 Å². The van der Waals surface area contributed by atoms with Crippen LogP contribution in [-0.2, 0) is 25.6 Å². The van der Waals surface area contributed by atoms with Crippen molar-refractivity contribution in [1.82, 2.24) is 9.80 Å². The zero-order chi connectivity index (χ0) is 55.6. The van der Waals surface area contributed by atoms with Crippen LogP contribution in [0.15, 0.2) is 133 Å². The van der Waals surface area contributed by atoms with Crippen molar-refractivity contribution in [3.05, 3.63) is 172 Å². The molecule has 2 fully saturated rings. The minimum absolute atomic E-state index is 0.0127. The van der Waals surface area contributed by atoms with E-state index in [4.69, 9.17) is 61.5 Å². The number of benzene rings is 6. The van der Waals surface area contributed by atoms with E-state index in [9.17, 15) is 30.7 Å². The number of ether oxygens (including phenoxy) is 7. The van der Waals surface area contributed by atoms with Gasteiger partial charge in [-0.15, -0.1) is 0 Å². The maximum absolute atomic E-state index is 13.6. The third kappa shape index (κ3) is 19.4. The van der Waals surface area contributed by atoms with Gasteiger partial charge < -0.3 is 43.2 Å². The number of methoxy groups -OCH3 is 2. The molecule has 0 amide bonds. The second kappa shape index (κ2) is 28.0. The van der Waals surface area contributed by atoms with Crippen molar-refractivity contribution in [3.8, 4) is 40.2 Å². The van der Waals surface area contributed by atoms with Gasteiger partial charge in [0.2, 0.25) is 0 Å². The smallest absolute Gasteiger partial charge is 0.419 e. The fraction of sp³-hybridized carbons (Fsp3) is 0.379. The molecule has 10 nitrogen and oxygen atoms in total. The molecule has 0 spiro atoms. The maximum atomic E-state index is 13.6. The standard InChI is InChI=1S/C29H31ClF3NO4.C15H12F4O2.C14H20ClNO2/c1-28(38-24-9-5-22(30)6-10-24)13-15-34(16-14-28)17-18-36-25-11-12-26(29(31,32)33)27(19-25)37-20-21-3-7-23(35-2)8-4-21;1-20-12-5-2-10(3-6-12)9-21-14-8-11(16)4-7-13(14)15(17,18)19;1-14(6-8-16(9-7-14)10-11-17)18-13-4-2-12(15)3-5-13/h3-12,19H,13-18,20H2,1-2H3;2-8H,9H2,1H3;2-5,17H,6-11H2,1H3. The van der Waals surface area contributed by atoms with Crippen molar-refractivity contribution in [2.75, 3.05) is 66.7 Å². The third-order valence-corrected chi connectivity index (χ3v) is 13.4. The first-order chi connectivity index (χ1) is 36.6. The van der Waals surface area contributed by atoms with E-state index in [1.807, 2.05) is 48.5 Å². The average Bonchev–Trinajstić information content (AvgIpc) is 3.40. The number of aliphatic hydroxyl groups excluding tert-OH is 1. The van der Waals surface area contributed by atoms with Crippen LogP contribution in [0.1, 0.15) is 61.8 Å². The molecule has 0 atom stereocenters. The van der Waals surface area contributed by atoms with Gasteiger partial charge in [-0.3, -0.25) is 4.90 Å². The summed E-state index contributed by atoms with van der Waals surface area (Å²) >= 11 is 11.8. The molecule has 2 heterocycles. The van der Waals surface area contributed by atoms with Gasteiger partial charge in [-0.05, 0) is 148 Å². The average molecular weight is 1120 g/mol. The van der Waals surface area contributed by atoms with Crippen LogP contribution in [0.25, 0.3) is 0 Å². The van der Waals surface area contributed by atoms with E-state index in [-0.39, 0.29) is 36.8 Å². The Bertz CT molecular complexity index is 2720. The van der Waals surface area contributed by atoms with Crippen LogP contribution in [-0.4, -0.2) is 92.8 Å². The number of β-amino-alcohol motifs (C(OH)–C–C–N with tert-alkyl or cyclic N) is 1. The van der Waals surface area contributed by atoms with E-state index < -0.39 is 35.0 Å². The number of alkyl halides is 6. The third-order valence-electron chi connectivity index (χ3n) is 12.9. The van der Waals surface area contributed by atoms with Gasteiger partial charge >= 0.3 is 12.4 Å². The lowest BCUT2D eigenvalue weighted by Crippen LogP contribution is -2.47. The van der Waals surface area contributed by atoms with Crippen LogP contribution < -0.4 is 33.2 Å². The number of likely N-dealkylation sites (tertiary alicyclic amines) is 2. The predicted octanol–water partition coefficient (Wildman–Crippen LogP) is 14.3. The molecule has 2 aliphatic heterocycles. The van der Waals surface area contributed by atoms with Crippen LogP contribution in [0.2, 0.25) is 10.0 Å². The Balaban J connectivity index is 0.000000207. The summed E-state index contributed by atoms with van der Waals surface area (Å²) in [7, 11) is 3.06. The summed E-state index contributed by atoms with van der Waals surface area (Å²) < 4.78 is 131. The topological polar surface area (TPSA) is 91.3 Å². The lowest BCUT2D eigenvalue weighted by Gasteiger charge is -2.39. The second-order valence-electron chi connectivity index (χ2n) is 18.8. The monoisotopic (exact) mass is 1120 g/mol. The minimum atomic E-state index is -4.59. The molecule has 8 rings (SSSR count). The number of hydrogen-bond donors (Lipinski definition) is 1. The lowest BCUT2D eigenvalue weighted by molar-refractivity contribution is -0.139. The lowest BCUT2D eigenvalue weighted by atomic mass is 9.93. The van der Waals surface area contributed by atoms with Gasteiger partial charge in [0.05, 0.1) is 32.0 Å². The first-order valence-electron chi connectivity index (χ1n) is 24.8. The second-order valence-corrected chi connectivity index (χ2v) is 19.7. The molecule has 0 saturated carbocycles. The van der Waals surface area contributed by atoms with Gasteiger partial charge in [0.1, 0.15) is 77.1 Å². The van der Waals surface area contributed by atoms with Gasteiger partial charge in [-0.2, -0.15) is 26.3 Å². The normalized spacial score (nSPS) is 15.4. The molecule has 2 aliphatic rings. The van der Waals surface area contributed by atoms with E-state index >= 15 is 0 Å². The minimum Gasteiger partial charge on any atom is -0.497 e. The van der Waals surface area contributed by atoms with Gasteiger partial charge in [0, 0.05) is 61.4 Å². The SMILES string of the molecule is CC1(Oc2ccc(Cl)cc2)CCN(CCO)CC1.COc1ccc(COc2cc(F)ccc2C(F)(F)F)cc1.COc1ccc(COc2cc(OCCN3CCC(C)(Oc4ccc(Cl)cc4)CC3)ccc2C(F)(F)F)cc1. The summed E-state index contributed by atoms with van der Waals surface area (Å²) in [5.41, 5.74) is -0.850. The number of piperidine rings is 2. The molecule has 6 aromatic carbocycles. The molecule has 2 saturated heterocycles. The van der Waals surface area contributed by atoms with Crippen LogP contribution in [0.4, 0.5) is 30.7 Å². The van der Waals surface area contributed by atoms with E-state index in [1.165, 1.54) is 19.2 Å². The molecule has 0 aliphatic carbocycles. The van der Waals surface area contributed by atoms with Crippen LogP contribution in [0.3, 0.4) is 0 Å². The Morgan fingerprint density at radius 2 is 0.870 bits per heavy atom. The first-order valence-corrected chi connectivity index (χ1v) is 25.6. The molecule has 6 aromatic rings. The Kier molecular flexibility index (Phi) is 21.8. The van der Waals surface area contributed by atoms with Gasteiger partial charge in [-0.1, -0.05) is 47.5 Å².